The van der Waals surface area contributed by atoms with Crippen molar-refractivity contribution in [2.75, 3.05) is 7.11 Å². The number of hydrogen-bond donors (Lipinski definition) is 2. The van der Waals surface area contributed by atoms with Gasteiger partial charge in [-0.1, -0.05) is 36.4 Å². The minimum Gasteiger partial charge on any atom is -0.496 e. The van der Waals surface area contributed by atoms with Crippen molar-refractivity contribution >= 4 is 0 Å². The number of fused-ring (bicyclic) bond motifs is 1. The molecule has 1 atom stereocenters. The first-order valence-electron chi connectivity index (χ1n) is 7.51. The van der Waals surface area contributed by atoms with E-state index in [2.05, 4.69) is 29.7 Å². The van der Waals surface area contributed by atoms with Gasteiger partial charge in [0.05, 0.1) is 13.2 Å². The van der Waals surface area contributed by atoms with Gasteiger partial charge in [0, 0.05) is 0 Å². The summed E-state index contributed by atoms with van der Waals surface area (Å²) in [5.41, 5.74) is 8.35. The van der Waals surface area contributed by atoms with Crippen LogP contribution in [0.2, 0.25) is 0 Å². The third-order valence-corrected chi connectivity index (χ3v) is 4.34. The van der Waals surface area contributed by atoms with Crippen LogP contribution in [0.5, 0.6) is 5.75 Å². The molecule has 3 nitrogen and oxygen atoms in total. The second kappa shape index (κ2) is 6.29. The van der Waals surface area contributed by atoms with Crippen molar-refractivity contribution in [1.29, 1.82) is 0 Å². The molecule has 0 heterocycles. The zero-order chi connectivity index (χ0) is 14.7. The van der Waals surface area contributed by atoms with E-state index in [1.165, 1.54) is 41.5 Å². The average molecular weight is 282 g/mol. The Labute approximate surface area is 126 Å². The van der Waals surface area contributed by atoms with Gasteiger partial charge in [-0.3, -0.25) is 11.3 Å². The van der Waals surface area contributed by atoms with Crippen LogP contribution >= 0.6 is 0 Å². The molecule has 0 amide bonds. The number of nitrogens with one attached hydrogen (secondary N) is 1. The Bertz CT molecular complexity index is 624. The topological polar surface area (TPSA) is 47.3 Å². The third kappa shape index (κ3) is 2.94. The Morgan fingerprint density at radius 2 is 1.95 bits per heavy atom. The van der Waals surface area contributed by atoms with Gasteiger partial charge in [-0.25, -0.2) is 0 Å². The van der Waals surface area contributed by atoms with Crippen LogP contribution in [0, 0.1) is 0 Å². The lowest BCUT2D eigenvalue weighted by molar-refractivity contribution is 0.405. The molecule has 0 saturated heterocycles. The molecule has 1 aliphatic carbocycles. The first-order valence-corrected chi connectivity index (χ1v) is 7.51. The van der Waals surface area contributed by atoms with Gasteiger partial charge in [0.25, 0.3) is 0 Å². The fourth-order valence-corrected chi connectivity index (χ4v) is 3.17. The summed E-state index contributed by atoms with van der Waals surface area (Å²) >= 11 is 0. The SMILES string of the molecule is COc1ccccc1CC(NN)c1ccc2c(c1)CCC2. The Morgan fingerprint density at radius 1 is 1.14 bits per heavy atom. The molecule has 1 aliphatic rings. The van der Waals surface area contributed by atoms with Crippen molar-refractivity contribution in [1.82, 2.24) is 5.43 Å². The molecule has 2 aromatic carbocycles. The molecule has 3 rings (SSSR count). The highest BCUT2D eigenvalue weighted by Gasteiger charge is 2.17. The van der Waals surface area contributed by atoms with Crippen molar-refractivity contribution in [3.63, 3.8) is 0 Å². The molecule has 1 unspecified atom stereocenters. The summed E-state index contributed by atoms with van der Waals surface area (Å²) in [6.45, 7) is 0. The molecule has 0 bridgehead atoms. The van der Waals surface area contributed by atoms with E-state index in [1.54, 1.807) is 7.11 Å². The fourth-order valence-electron chi connectivity index (χ4n) is 3.17. The van der Waals surface area contributed by atoms with Crippen LogP contribution < -0.4 is 16.0 Å². The quantitative estimate of drug-likeness (QED) is 0.655. The van der Waals surface area contributed by atoms with E-state index in [4.69, 9.17) is 10.6 Å². The zero-order valence-corrected chi connectivity index (χ0v) is 12.4. The molecule has 3 N–H and O–H groups in total. The van der Waals surface area contributed by atoms with Gasteiger partial charge < -0.3 is 4.74 Å². The number of hydrogen-bond acceptors (Lipinski definition) is 3. The smallest absolute Gasteiger partial charge is 0.122 e. The summed E-state index contributed by atoms with van der Waals surface area (Å²) < 4.78 is 5.43. The molecule has 0 spiro atoms. The second-order valence-corrected chi connectivity index (χ2v) is 5.62. The van der Waals surface area contributed by atoms with E-state index in [0.29, 0.717) is 0 Å². The second-order valence-electron chi connectivity index (χ2n) is 5.62. The predicted octanol–water partition coefficient (Wildman–Crippen LogP) is 2.93. The molecular weight excluding hydrogens is 260 g/mol. The summed E-state index contributed by atoms with van der Waals surface area (Å²) in [4.78, 5) is 0. The van der Waals surface area contributed by atoms with E-state index < -0.39 is 0 Å². The fraction of sp³-hybridized carbons (Fsp3) is 0.333. The molecule has 0 fully saturated rings. The molecule has 2 aromatic rings. The maximum absolute atomic E-state index is 5.80. The van der Waals surface area contributed by atoms with Crippen LogP contribution in [0.15, 0.2) is 42.5 Å². The molecule has 0 aromatic heterocycles. The maximum atomic E-state index is 5.80. The minimum absolute atomic E-state index is 0.104. The van der Waals surface area contributed by atoms with Crippen LogP contribution in [0.25, 0.3) is 0 Å². The average Bonchev–Trinajstić information content (AvgIpc) is 3.00. The van der Waals surface area contributed by atoms with Crippen LogP contribution in [-0.2, 0) is 19.3 Å². The van der Waals surface area contributed by atoms with Crippen molar-refractivity contribution in [3.05, 3.63) is 64.7 Å². The molecule has 3 heteroatoms. The van der Waals surface area contributed by atoms with Crippen LogP contribution in [0.1, 0.15) is 34.7 Å². The van der Waals surface area contributed by atoms with Gasteiger partial charge in [0.2, 0.25) is 0 Å². The molecule has 0 radical (unpaired) electrons. The number of para-hydroxylation sites is 1. The largest absolute Gasteiger partial charge is 0.496 e. The first-order chi connectivity index (χ1) is 10.3. The van der Waals surface area contributed by atoms with Crippen LogP contribution in [-0.4, -0.2) is 7.11 Å². The van der Waals surface area contributed by atoms with Crippen molar-refractivity contribution in [2.24, 2.45) is 5.84 Å². The van der Waals surface area contributed by atoms with Gasteiger partial charge in [0.15, 0.2) is 0 Å². The highest BCUT2D eigenvalue weighted by atomic mass is 16.5. The number of rotatable bonds is 5. The monoisotopic (exact) mass is 282 g/mol. The number of nitrogens with two attached hydrogens (primary N) is 1. The van der Waals surface area contributed by atoms with Gasteiger partial charge in [-0.15, -0.1) is 0 Å². The van der Waals surface area contributed by atoms with Gasteiger partial charge in [0.1, 0.15) is 5.75 Å². The van der Waals surface area contributed by atoms with E-state index in [9.17, 15) is 0 Å². The number of aryl methyl sites for hydroxylation is 2. The molecule has 21 heavy (non-hydrogen) atoms. The normalized spacial score (nSPS) is 14.8. The highest BCUT2D eigenvalue weighted by molar-refractivity contribution is 5.39. The number of hydrazine groups is 1. The van der Waals surface area contributed by atoms with E-state index in [-0.39, 0.29) is 6.04 Å². The number of ether oxygens (including phenoxy) is 1. The molecular formula is C18H22N2O. The van der Waals surface area contributed by atoms with E-state index in [1.807, 2.05) is 18.2 Å². The minimum atomic E-state index is 0.104. The van der Waals surface area contributed by atoms with E-state index >= 15 is 0 Å². The van der Waals surface area contributed by atoms with Crippen molar-refractivity contribution in [2.45, 2.75) is 31.7 Å². The Kier molecular flexibility index (Phi) is 4.23. The van der Waals surface area contributed by atoms with Crippen molar-refractivity contribution in [3.8, 4) is 5.75 Å². The third-order valence-electron chi connectivity index (χ3n) is 4.34. The van der Waals surface area contributed by atoms with Crippen molar-refractivity contribution < 1.29 is 4.74 Å². The standard InChI is InChI=1S/C18H22N2O/c1-21-18-8-3-2-5-16(18)12-17(20-19)15-10-9-13-6-4-7-14(13)11-15/h2-3,5,8-11,17,20H,4,6-7,12,19H2,1H3. The molecule has 0 aliphatic heterocycles. The van der Waals surface area contributed by atoms with Gasteiger partial charge >= 0.3 is 0 Å². The van der Waals surface area contributed by atoms with Crippen LogP contribution in [0.4, 0.5) is 0 Å². The maximum Gasteiger partial charge on any atom is 0.122 e. The lowest BCUT2D eigenvalue weighted by Crippen LogP contribution is -2.29. The highest BCUT2D eigenvalue weighted by Crippen LogP contribution is 2.28. The summed E-state index contributed by atoms with van der Waals surface area (Å²) in [6.07, 6.45) is 4.49. The van der Waals surface area contributed by atoms with Gasteiger partial charge in [-0.05, 0) is 54.0 Å². The first kappa shape index (κ1) is 14.1. The van der Waals surface area contributed by atoms with Gasteiger partial charge in [-0.2, -0.15) is 0 Å². The Hall–Kier alpha value is -1.84. The van der Waals surface area contributed by atoms with E-state index in [0.717, 1.165) is 12.2 Å². The molecule has 0 saturated carbocycles. The predicted molar refractivity (Wildman–Crippen MR) is 85.2 cm³/mol. The summed E-state index contributed by atoms with van der Waals surface area (Å²) in [5, 5.41) is 0. The number of methoxy groups -OCH3 is 1. The summed E-state index contributed by atoms with van der Waals surface area (Å²) in [6, 6.07) is 15.0. The zero-order valence-electron chi connectivity index (χ0n) is 12.4. The lowest BCUT2D eigenvalue weighted by Gasteiger charge is -2.19. The summed E-state index contributed by atoms with van der Waals surface area (Å²) in [7, 11) is 1.71. The Morgan fingerprint density at radius 3 is 2.76 bits per heavy atom. The van der Waals surface area contributed by atoms with Crippen LogP contribution in [0.3, 0.4) is 0 Å². The summed E-state index contributed by atoms with van der Waals surface area (Å²) in [5.74, 6) is 6.71. The lowest BCUT2D eigenvalue weighted by atomic mass is 9.96. The molecule has 110 valence electrons. The Balaban J connectivity index is 1.85. The number of benzene rings is 2.